The van der Waals surface area contributed by atoms with Crippen LogP contribution < -0.4 is 11.0 Å². The summed E-state index contributed by atoms with van der Waals surface area (Å²) < 4.78 is 1.42. The molecule has 25 heavy (non-hydrogen) atoms. The largest absolute Gasteiger partial charge is 0.363 e. The summed E-state index contributed by atoms with van der Waals surface area (Å²) in [4.78, 5) is 26.8. The van der Waals surface area contributed by atoms with E-state index < -0.39 is 4.92 Å². The van der Waals surface area contributed by atoms with Crippen molar-refractivity contribution in [3.8, 4) is 0 Å². The number of hydrogen-bond acceptors (Lipinski definition) is 6. The van der Waals surface area contributed by atoms with Crippen LogP contribution in [0.2, 0.25) is 0 Å². The predicted molar refractivity (Wildman–Crippen MR) is 92.7 cm³/mol. The Bertz CT molecular complexity index is 982. The van der Waals surface area contributed by atoms with E-state index in [1.165, 1.54) is 16.5 Å². The fourth-order valence-electron chi connectivity index (χ4n) is 2.31. The maximum Gasteiger partial charge on any atom is 0.347 e. The number of nitrogens with one attached hydrogen (secondary N) is 2. The molecule has 2 N–H and O–H groups in total. The summed E-state index contributed by atoms with van der Waals surface area (Å²) in [5, 5.41) is 20.3. The number of non-ortho nitro benzene ring substituents is 1. The van der Waals surface area contributed by atoms with Crippen molar-refractivity contribution < 1.29 is 4.92 Å². The maximum absolute atomic E-state index is 11.9. The SMILES string of the molecule is CC(C)(C)c1cn2c(=O)[nH]nc2c(NCc2ccc([N+](=O)[O-])cc2)n1. The molecule has 0 fully saturated rings. The van der Waals surface area contributed by atoms with Crippen LogP contribution in [-0.4, -0.2) is 24.5 Å². The van der Waals surface area contributed by atoms with E-state index >= 15 is 0 Å². The van der Waals surface area contributed by atoms with Gasteiger partial charge in [-0.3, -0.25) is 10.1 Å². The third kappa shape index (κ3) is 3.35. The van der Waals surface area contributed by atoms with E-state index in [9.17, 15) is 14.9 Å². The molecule has 2 aromatic heterocycles. The van der Waals surface area contributed by atoms with Gasteiger partial charge in [-0.15, -0.1) is 5.10 Å². The molecule has 0 amide bonds. The summed E-state index contributed by atoms with van der Waals surface area (Å²) >= 11 is 0. The average Bonchev–Trinajstić information content (AvgIpc) is 2.93. The molecule has 3 aromatic rings. The first kappa shape index (κ1) is 16.6. The van der Waals surface area contributed by atoms with E-state index in [4.69, 9.17) is 0 Å². The lowest BCUT2D eigenvalue weighted by Crippen LogP contribution is -2.19. The molecular weight excluding hydrogens is 324 g/mol. The number of anilines is 1. The average molecular weight is 342 g/mol. The second-order valence-electron chi connectivity index (χ2n) is 6.72. The molecule has 1 aromatic carbocycles. The Morgan fingerprint density at radius 2 is 1.96 bits per heavy atom. The molecule has 2 heterocycles. The van der Waals surface area contributed by atoms with Crippen LogP contribution >= 0.6 is 0 Å². The van der Waals surface area contributed by atoms with Crippen LogP contribution in [0.4, 0.5) is 11.5 Å². The normalized spacial score (nSPS) is 11.6. The highest BCUT2D eigenvalue weighted by Crippen LogP contribution is 2.23. The van der Waals surface area contributed by atoms with Crippen molar-refractivity contribution in [3.05, 3.63) is 62.3 Å². The molecule has 9 heteroatoms. The van der Waals surface area contributed by atoms with Gasteiger partial charge in [0.25, 0.3) is 5.69 Å². The molecule has 3 rings (SSSR count). The fraction of sp³-hybridized carbons (Fsp3) is 0.312. The van der Waals surface area contributed by atoms with Gasteiger partial charge in [0.2, 0.25) is 5.65 Å². The zero-order valence-electron chi connectivity index (χ0n) is 14.1. The van der Waals surface area contributed by atoms with E-state index in [1.54, 1.807) is 18.3 Å². The van der Waals surface area contributed by atoms with Gasteiger partial charge < -0.3 is 5.32 Å². The molecule has 0 aliphatic heterocycles. The van der Waals surface area contributed by atoms with E-state index in [2.05, 4.69) is 20.5 Å². The van der Waals surface area contributed by atoms with Crippen LogP contribution in [0.5, 0.6) is 0 Å². The monoisotopic (exact) mass is 342 g/mol. The molecule has 130 valence electrons. The van der Waals surface area contributed by atoms with Crippen LogP contribution in [0.1, 0.15) is 32.0 Å². The third-order valence-electron chi connectivity index (χ3n) is 3.78. The molecule has 0 saturated heterocycles. The van der Waals surface area contributed by atoms with Gasteiger partial charge in [0, 0.05) is 30.3 Å². The molecule has 0 unspecified atom stereocenters. The molecule has 0 aliphatic rings. The van der Waals surface area contributed by atoms with Gasteiger partial charge in [-0.2, -0.15) is 0 Å². The van der Waals surface area contributed by atoms with Gasteiger partial charge in [-0.1, -0.05) is 32.9 Å². The minimum absolute atomic E-state index is 0.0397. The van der Waals surface area contributed by atoms with Crippen molar-refractivity contribution in [2.45, 2.75) is 32.7 Å². The lowest BCUT2D eigenvalue weighted by molar-refractivity contribution is -0.384. The number of nitro groups is 1. The smallest absolute Gasteiger partial charge is 0.347 e. The lowest BCUT2D eigenvalue weighted by Gasteiger charge is -2.19. The Kier molecular flexibility index (Phi) is 3.99. The van der Waals surface area contributed by atoms with E-state index in [0.717, 1.165) is 11.3 Å². The van der Waals surface area contributed by atoms with Crippen LogP contribution in [0, 0.1) is 10.1 Å². The molecule has 0 radical (unpaired) electrons. The second-order valence-corrected chi connectivity index (χ2v) is 6.72. The first-order valence-electron chi connectivity index (χ1n) is 7.71. The number of nitro benzene ring substituents is 1. The highest BCUT2D eigenvalue weighted by atomic mass is 16.6. The number of aromatic nitrogens is 4. The second kappa shape index (κ2) is 6.00. The van der Waals surface area contributed by atoms with Crippen LogP contribution in [0.3, 0.4) is 0 Å². The number of nitrogens with zero attached hydrogens (tertiary/aromatic N) is 4. The Labute approximate surface area is 142 Å². The van der Waals surface area contributed by atoms with Crippen LogP contribution in [0.25, 0.3) is 5.65 Å². The van der Waals surface area contributed by atoms with Crippen molar-refractivity contribution in [2.24, 2.45) is 0 Å². The highest BCUT2D eigenvalue weighted by molar-refractivity contribution is 5.62. The number of rotatable bonds is 4. The number of benzene rings is 1. The zero-order chi connectivity index (χ0) is 18.2. The number of hydrogen-bond donors (Lipinski definition) is 2. The van der Waals surface area contributed by atoms with Crippen LogP contribution in [0.15, 0.2) is 35.3 Å². The Morgan fingerprint density at radius 3 is 2.56 bits per heavy atom. The summed E-state index contributed by atoms with van der Waals surface area (Å²) in [5.74, 6) is 0.476. The van der Waals surface area contributed by atoms with Crippen LogP contribution in [-0.2, 0) is 12.0 Å². The maximum atomic E-state index is 11.9. The zero-order valence-corrected chi connectivity index (χ0v) is 14.1. The Morgan fingerprint density at radius 1 is 1.28 bits per heavy atom. The summed E-state index contributed by atoms with van der Waals surface area (Å²) in [5.41, 5.74) is 1.47. The standard InChI is InChI=1S/C16H18N6O3/c1-16(2,3)12-9-21-14(19-20-15(21)23)13(18-12)17-8-10-4-6-11(7-5-10)22(24)25/h4-7,9H,8H2,1-3H3,(H,17,18)(H,20,23). The molecule has 0 bridgehead atoms. The van der Waals surface area contributed by atoms with Crippen molar-refractivity contribution in [1.29, 1.82) is 0 Å². The summed E-state index contributed by atoms with van der Waals surface area (Å²) in [6.45, 7) is 6.42. The quantitative estimate of drug-likeness (QED) is 0.554. The molecule has 0 aliphatic carbocycles. The lowest BCUT2D eigenvalue weighted by atomic mass is 9.93. The Hall–Kier alpha value is -3.23. The van der Waals surface area contributed by atoms with Gasteiger partial charge in [0.15, 0.2) is 5.82 Å². The van der Waals surface area contributed by atoms with Gasteiger partial charge in [0.1, 0.15) is 0 Å². The van der Waals surface area contributed by atoms with Gasteiger partial charge >= 0.3 is 5.69 Å². The molecule has 0 spiro atoms. The summed E-state index contributed by atoms with van der Waals surface area (Å²) in [6.07, 6.45) is 1.68. The molecule has 0 saturated carbocycles. The topological polar surface area (TPSA) is 118 Å². The van der Waals surface area contributed by atoms with E-state index in [1.807, 2.05) is 20.8 Å². The molecule has 0 atom stereocenters. The summed E-state index contributed by atoms with van der Waals surface area (Å²) in [7, 11) is 0. The molecule has 9 nitrogen and oxygen atoms in total. The van der Waals surface area contributed by atoms with Crippen molar-refractivity contribution in [1.82, 2.24) is 19.6 Å². The van der Waals surface area contributed by atoms with Gasteiger partial charge in [-0.25, -0.2) is 19.3 Å². The van der Waals surface area contributed by atoms with Crippen molar-refractivity contribution in [2.75, 3.05) is 5.32 Å². The van der Waals surface area contributed by atoms with E-state index in [-0.39, 0.29) is 16.8 Å². The Balaban J connectivity index is 1.92. The number of H-pyrrole nitrogens is 1. The highest BCUT2D eigenvalue weighted by Gasteiger charge is 2.20. The van der Waals surface area contributed by atoms with Gasteiger partial charge in [0.05, 0.1) is 10.6 Å². The van der Waals surface area contributed by atoms with Crippen molar-refractivity contribution >= 4 is 17.2 Å². The molecular formula is C16H18N6O3. The van der Waals surface area contributed by atoms with Gasteiger partial charge in [-0.05, 0) is 5.56 Å². The minimum atomic E-state index is -0.439. The number of fused-ring (bicyclic) bond motifs is 1. The fourth-order valence-corrected chi connectivity index (χ4v) is 2.31. The summed E-state index contributed by atoms with van der Waals surface area (Å²) in [6, 6.07) is 6.24. The predicted octanol–water partition coefficient (Wildman–Crippen LogP) is 2.24. The van der Waals surface area contributed by atoms with E-state index in [0.29, 0.717) is 18.0 Å². The first-order valence-corrected chi connectivity index (χ1v) is 7.71. The number of aromatic amines is 1. The first-order chi connectivity index (χ1) is 11.8. The van der Waals surface area contributed by atoms with Crippen molar-refractivity contribution in [3.63, 3.8) is 0 Å². The third-order valence-corrected chi connectivity index (χ3v) is 3.78. The minimum Gasteiger partial charge on any atom is -0.363 e.